The van der Waals surface area contributed by atoms with Crippen LogP contribution in [-0.2, 0) is 5.41 Å². The van der Waals surface area contributed by atoms with Crippen molar-refractivity contribution in [3.8, 4) is 44.5 Å². The van der Waals surface area contributed by atoms with Crippen LogP contribution in [0.1, 0.15) is 33.2 Å². The zero-order valence-corrected chi connectivity index (χ0v) is 28.4. The molecular formula is C50H38. The van der Waals surface area contributed by atoms with Gasteiger partial charge >= 0.3 is 0 Å². The third-order valence-corrected chi connectivity index (χ3v) is 10.1. The predicted octanol–water partition coefficient (Wildman–Crippen LogP) is 14.3. The molecule has 0 amide bonds. The summed E-state index contributed by atoms with van der Waals surface area (Å²) in [5, 5.41) is 8.20. The summed E-state index contributed by atoms with van der Waals surface area (Å²) in [5.74, 6) is 0. The number of hydrogen-bond acceptors (Lipinski definition) is 0. The molecule has 50 heavy (non-hydrogen) atoms. The van der Waals surface area contributed by atoms with Crippen LogP contribution in [0.4, 0.5) is 0 Å². The molecule has 0 radical (unpaired) electrons. The standard InChI is InChI=1S/C50H38/c1-50(2,3)36-30-27-35(28-31-36)47-37-18-8-7-15-33(37)29-32-46(47)40-25-13-24-39-38(40)23-14-26-41(39)49-44-21-11-9-19-42(44)48(34-16-5-4-6-17-34)43-20-10-12-22-45(43)49/h4-32H,1-3H3/i4D,5D,6D,16D,17D. The van der Waals surface area contributed by atoms with E-state index in [1.165, 1.54) is 27.5 Å². The Labute approximate surface area is 301 Å². The highest BCUT2D eigenvalue weighted by molar-refractivity contribution is 6.24. The zero-order valence-electron chi connectivity index (χ0n) is 33.4. The molecule has 9 aromatic carbocycles. The first-order valence-electron chi connectivity index (χ1n) is 19.7. The lowest BCUT2D eigenvalue weighted by Crippen LogP contribution is -2.10. The lowest BCUT2D eigenvalue weighted by atomic mass is 9.82. The van der Waals surface area contributed by atoms with Crippen LogP contribution < -0.4 is 0 Å². The van der Waals surface area contributed by atoms with Crippen molar-refractivity contribution in [2.24, 2.45) is 0 Å². The highest BCUT2D eigenvalue weighted by Gasteiger charge is 2.20. The summed E-state index contributed by atoms with van der Waals surface area (Å²) in [5.41, 5.74) is 9.00. The topological polar surface area (TPSA) is 0 Å². The van der Waals surface area contributed by atoms with Gasteiger partial charge in [-0.3, -0.25) is 0 Å². The summed E-state index contributed by atoms with van der Waals surface area (Å²) in [6.07, 6.45) is 0. The fourth-order valence-electron chi connectivity index (χ4n) is 7.77. The molecule has 0 N–H and O–H groups in total. The largest absolute Gasteiger partial charge is 0.0629 e. The van der Waals surface area contributed by atoms with E-state index < -0.39 is 6.04 Å². The maximum absolute atomic E-state index is 8.95. The second-order valence-corrected chi connectivity index (χ2v) is 14.1. The minimum Gasteiger partial charge on any atom is -0.0622 e. The van der Waals surface area contributed by atoms with Crippen LogP contribution in [0, 0.1) is 0 Å². The lowest BCUT2D eigenvalue weighted by Gasteiger charge is -2.21. The Morgan fingerprint density at radius 1 is 0.360 bits per heavy atom. The van der Waals surface area contributed by atoms with Gasteiger partial charge in [-0.05, 0) is 98.6 Å². The van der Waals surface area contributed by atoms with Gasteiger partial charge in [-0.1, -0.05) is 197 Å². The molecule has 0 spiro atoms. The van der Waals surface area contributed by atoms with Crippen LogP contribution in [0.25, 0.3) is 87.6 Å². The van der Waals surface area contributed by atoms with Crippen LogP contribution in [0.15, 0.2) is 176 Å². The van der Waals surface area contributed by atoms with Gasteiger partial charge < -0.3 is 0 Å². The van der Waals surface area contributed by atoms with Crippen molar-refractivity contribution in [3.05, 3.63) is 181 Å². The Balaban J connectivity index is 1.34. The number of fused-ring (bicyclic) bond motifs is 4. The molecule has 238 valence electrons. The molecule has 0 atom stereocenters. The SMILES string of the molecule is [2H]c1c([2H])c([2H])c(-c2c3ccccc3c(-c3cccc4c(-c5ccc6ccccc6c5-c5ccc(C(C)(C)C)cc5)cccc34)c3ccccc23)c([2H])c1[2H]. The van der Waals surface area contributed by atoms with Crippen molar-refractivity contribution in [3.63, 3.8) is 0 Å². The van der Waals surface area contributed by atoms with E-state index in [2.05, 4.69) is 130 Å². The number of benzene rings is 9. The van der Waals surface area contributed by atoms with Crippen molar-refractivity contribution in [1.29, 1.82) is 0 Å². The van der Waals surface area contributed by atoms with E-state index in [1.54, 1.807) is 0 Å². The van der Waals surface area contributed by atoms with E-state index >= 15 is 0 Å². The monoisotopic (exact) mass is 643 g/mol. The first kappa shape index (κ1) is 25.1. The molecule has 0 nitrogen and oxygen atoms in total. The molecule has 0 heterocycles. The Hall–Kier alpha value is -5.98. The van der Waals surface area contributed by atoms with Crippen LogP contribution in [-0.4, -0.2) is 0 Å². The van der Waals surface area contributed by atoms with Crippen molar-refractivity contribution >= 4 is 43.1 Å². The van der Waals surface area contributed by atoms with Gasteiger partial charge in [0.1, 0.15) is 0 Å². The summed E-state index contributed by atoms with van der Waals surface area (Å²) >= 11 is 0. The summed E-state index contributed by atoms with van der Waals surface area (Å²) < 4.78 is 43.2. The fourth-order valence-corrected chi connectivity index (χ4v) is 7.77. The lowest BCUT2D eigenvalue weighted by molar-refractivity contribution is 0.590. The molecule has 0 aromatic heterocycles. The second kappa shape index (κ2) is 11.9. The molecule has 0 aliphatic heterocycles. The highest BCUT2D eigenvalue weighted by atomic mass is 14.2. The molecule has 0 aliphatic carbocycles. The van der Waals surface area contributed by atoms with E-state index in [0.29, 0.717) is 5.56 Å². The Bertz CT molecular complexity index is 2920. The van der Waals surface area contributed by atoms with Crippen LogP contribution in [0.5, 0.6) is 0 Å². The molecule has 0 aliphatic rings. The van der Waals surface area contributed by atoms with E-state index in [4.69, 9.17) is 6.85 Å². The fraction of sp³-hybridized carbons (Fsp3) is 0.0800. The molecule has 0 saturated carbocycles. The van der Waals surface area contributed by atoms with Crippen molar-refractivity contribution in [2.45, 2.75) is 26.2 Å². The van der Waals surface area contributed by atoms with Crippen molar-refractivity contribution < 1.29 is 6.85 Å². The Morgan fingerprint density at radius 2 is 0.880 bits per heavy atom. The number of rotatable bonds is 4. The van der Waals surface area contributed by atoms with E-state index in [0.717, 1.165) is 54.6 Å². The summed E-state index contributed by atoms with van der Waals surface area (Å²) in [6.45, 7) is 6.73. The van der Waals surface area contributed by atoms with Gasteiger partial charge in [0, 0.05) is 0 Å². The summed E-state index contributed by atoms with van der Waals surface area (Å²) in [7, 11) is 0. The molecular weight excluding hydrogens is 601 g/mol. The van der Waals surface area contributed by atoms with Gasteiger partial charge in [0.15, 0.2) is 0 Å². The van der Waals surface area contributed by atoms with Gasteiger partial charge in [-0.25, -0.2) is 0 Å². The first-order chi connectivity index (χ1) is 26.5. The van der Waals surface area contributed by atoms with E-state index in [9.17, 15) is 0 Å². The maximum Gasteiger partial charge on any atom is 0.0629 e. The molecule has 0 heteroatoms. The third kappa shape index (κ3) is 4.91. The molecule has 9 rings (SSSR count). The third-order valence-electron chi connectivity index (χ3n) is 10.1. The van der Waals surface area contributed by atoms with Crippen LogP contribution in [0.3, 0.4) is 0 Å². The van der Waals surface area contributed by atoms with E-state index in [1.807, 2.05) is 36.4 Å². The summed E-state index contributed by atoms with van der Waals surface area (Å²) in [4.78, 5) is 0. The summed E-state index contributed by atoms with van der Waals surface area (Å²) in [6, 6.07) is 49.8. The Morgan fingerprint density at radius 3 is 1.50 bits per heavy atom. The van der Waals surface area contributed by atoms with Gasteiger partial charge in [0.25, 0.3) is 0 Å². The smallest absolute Gasteiger partial charge is 0.0622 e. The minimum absolute atomic E-state index is 0.0490. The van der Waals surface area contributed by atoms with E-state index in [-0.39, 0.29) is 35.1 Å². The second-order valence-electron chi connectivity index (χ2n) is 14.1. The Kier molecular flexibility index (Phi) is 5.94. The molecule has 9 aromatic rings. The normalized spacial score (nSPS) is 13.3. The van der Waals surface area contributed by atoms with Gasteiger partial charge in [0.05, 0.1) is 6.85 Å². The quantitative estimate of drug-likeness (QED) is 0.167. The number of hydrogen-bond donors (Lipinski definition) is 0. The average molecular weight is 644 g/mol. The average Bonchev–Trinajstić information content (AvgIpc) is 3.21. The van der Waals surface area contributed by atoms with Crippen molar-refractivity contribution in [1.82, 2.24) is 0 Å². The predicted molar refractivity (Wildman–Crippen MR) is 217 cm³/mol. The highest BCUT2D eigenvalue weighted by Crippen LogP contribution is 2.47. The van der Waals surface area contributed by atoms with Crippen molar-refractivity contribution in [2.75, 3.05) is 0 Å². The first-order valence-corrected chi connectivity index (χ1v) is 17.2. The van der Waals surface area contributed by atoms with Gasteiger partial charge in [-0.2, -0.15) is 0 Å². The maximum atomic E-state index is 8.95. The molecule has 0 saturated heterocycles. The van der Waals surface area contributed by atoms with Gasteiger partial charge in [0.2, 0.25) is 0 Å². The van der Waals surface area contributed by atoms with Crippen LogP contribution in [0.2, 0.25) is 0 Å². The minimum atomic E-state index is -0.396. The molecule has 0 bridgehead atoms. The molecule has 0 unspecified atom stereocenters. The zero-order chi connectivity index (χ0) is 38.2. The van der Waals surface area contributed by atoms with Crippen LogP contribution >= 0.6 is 0 Å². The van der Waals surface area contributed by atoms with Gasteiger partial charge in [-0.15, -0.1) is 0 Å². The molecule has 0 fully saturated rings.